The third-order valence-corrected chi connectivity index (χ3v) is 3.29. The van der Waals surface area contributed by atoms with Crippen molar-refractivity contribution >= 4 is 5.97 Å². The Bertz CT molecular complexity index is 397. The third kappa shape index (κ3) is 2.91. The number of furan rings is 1. The SMILES string of the molecule is CCOC(=O)c1ccoc1CN(C)C1CCNC1. The average Bonchev–Trinajstić information content (AvgIpc) is 2.99. The molecule has 0 spiro atoms. The quantitative estimate of drug-likeness (QED) is 0.799. The third-order valence-electron chi connectivity index (χ3n) is 3.29. The van der Waals surface area contributed by atoms with Crippen LogP contribution in [0.25, 0.3) is 0 Å². The summed E-state index contributed by atoms with van der Waals surface area (Å²) in [5.74, 6) is 0.377. The lowest BCUT2D eigenvalue weighted by Crippen LogP contribution is -2.33. The molecular weight excluding hydrogens is 232 g/mol. The molecule has 0 bridgehead atoms. The number of hydrogen-bond donors (Lipinski definition) is 1. The fraction of sp³-hybridized carbons (Fsp3) is 0.615. The molecular formula is C13H20N2O3. The Morgan fingerprint density at radius 3 is 3.17 bits per heavy atom. The van der Waals surface area contributed by atoms with Gasteiger partial charge in [-0.1, -0.05) is 0 Å². The van der Waals surface area contributed by atoms with Crippen LogP contribution in [0.15, 0.2) is 16.7 Å². The molecule has 1 N–H and O–H groups in total. The first-order valence-electron chi connectivity index (χ1n) is 6.36. The largest absolute Gasteiger partial charge is 0.467 e. The topological polar surface area (TPSA) is 54.7 Å². The molecule has 1 aliphatic heterocycles. The zero-order valence-electron chi connectivity index (χ0n) is 10.9. The highest BCUT2D eigenvalue weighted by molar-refractivity contribution is 5.90. The predicted molar refractivity (Wildman–Crippen MR) is 67.4 cm³/mol. The Balaban J connectivity index is 2.00. The monoisotopic (exact) mass is 252 g/mol. The van der Waals surface area contributed by atoms with Gasteiger partial charge in [-0.3, -0.25) is 4.90 Å². The van der Waals surface area contributed by atoms with E-state index in [4.69, 9.17) is 9.15 Å². The number of carbonyl (C=O) groups is 1. The van der Waals surface area contributed by atoms with Gasteiger partial charge in [0.1, 0.15) is 11.3 Å². The Hall–Kier alpha value is -1.33. The second-order valence-corrected chi connectivity index (χ2v) is 4.54. The zero-order valence-corrected chi connectivity index (χ0v) is 10.9. The molecule has 0 radical (unpaired) electrons. The molecule has 1 saturated heterocycles. The summed E-state index contributed by atoms with van der Waals surface area (Å²) in [7, 11) is 2.05. The Morgan fingerprint density at radius 1 is 1.67 bits per heavy atom. The molecule has 2 rings (SSSR count). The molecule has 5 nitrogen and oxygen atoms in total. The normalized spacial score (nSPS) is 19.4. The van der Waals surface area contributed by atoms with E-state index in [1.54, 1.807) is 19.3 Å². The van der Waals surface area contributed by atoms with Crippen LogP contribution in [0.3, 0.4) is 0 Å². The van der Waals surface area contributed by atoms with E-state index in [0.717, 1.165) is 19.5 Å². The lowest BCUT2D eigenvalue weighted by molar-refractivity contribution is 0.0521. The van der Waals surface area contributed by atoms with Crippen molar-refractivity contribution in [2.45, 2.75) is 25.9 Å². The maximum absolute atomic E-state index is 11.7. The highest BCUT2D eigenvalue weighted by Crippen LogP contribution is 2.17. The molecule has 0 saturated carbocycles. The van der Waals surface area contributed by atoms with Crippen molar-refractivity contribution in [3.63, 3.8) is 0 Å². The molecule has 1 aromatic heterocycles. The van der Waals surface area contributed by atoms with E-state index in [1.807, 2.05) is 0 Å². The molecule has 2 heterocycles. The molecule has 1 fully saturated rings. The van der Waals surface area contributed by atoms with Gasteiger partial charge in [-0.15, -0.1) is 0 Å². The minimum Gasteiger partial charge on any atom is -0.467 e. The summed E-state index contributed by atoms with van der Waals surface area (Å²) in [6.45, 7) is 4.86. The van der Waals surface area contributed by atoms with E-state index < -0.39 is 0 Å². The van der Waals surface area contributed by atoms with E-state index in [-0.39, 0.29) is 5.97 Å². The number of hydrogen-bond acceptors (Lipinski definition) is 5. The highest BCUT2D eigenvalue weighted by Gasteiger charge is 2.23. The van der Waals surface area contributed by atoms with Crippen molar-refractivity contribution < 1.29 is 13.9 Å². The van der Waals surface area contributed by atoms with Gasteiger partial charge in [0.15, 0.2) is 0 Å². The van der Waals surface area contributed by atoms with E-state index in [0.29, 0.717) is 30.5 Å². The fourth-order valence-electron chi connectivity index (χ4n) is 2.23. The Labute approximate surface area is 107 Å². The summed E-state index contributed by atoms with van der Waals surface area (Å²) in [6.07, 6.45) is 2.67. The molecule has 18 heavy (non-hydrogen) atoms. The van der Waals surface area contributed by atoms with Crippen LogP contribution in [-0.4, -0.2) is 43.7 Å². The van der Waals surface area contributed by atoms with Crippen LogP contribution in [0.1, 0.15) is 29.5 Å². The first-order chi connectivity index (χ1) is 8.72. The minimum absolute atomic E-state index is 0.306. The van der Waals surface area contributed by atoms with Crippen LogP contribution in [-0.2, 0) is 11.3 Å². The molecule has 100 valence electrons. The van der Waals surface area contributed by atoms with Gasteiger partial charge in [0, 0.05) is 12.6 Å². The smallest absolute Gasteiger partial charge is 0.341 e. The van der Waals surface area contributed by atoms with Gasteiger partial charge >= 0.3 is 5.97 Å². The number of esters is 1. The van der Waals surface area contributed by atoms with Crippen LogP contribution in [0.2, 0.25) is 0 Å². The van der Waals surface area contributed by atoms with Crippen molar-refractivity contribution in [1.29, 1.82) is 0 Å². The van der Waals surface area contributed by atoms with Crippen molar-refractivity contribution in [1.82, 2.24) is 10.2 Å². The van der Waals surface area contributed by atoms with Gasteiger partial charge in [-0.25, -0.2) is 4.79 Å². The van der Waals surface area contributed by atoms with Gasteiger partial charge in [-0.2, -0.15) is 0 Å². The molecule has 0 aliphatic carbocycles. The van der Waals surface area contributed by atoms with Gasteiger partial charge in [0.2, 0.25) is 0 Å². The molecule has 1 unspecified atom stereocenters. The summed E-state index contributed by atoms with van der Waals surface area (Å²) in [5, 5.41) is 3.33. The summed E-state index contributed by atoms with van der Waals surface area (Å²) >= 11 is 0. The van der Waals surface area contributed by atoms with Gasteiger partial charge < -0.3 is 14.5 Å². The number of ether oxygens (including phenoxy) is 1. The summed E-state index contributed by atoms with van der Waals surface area (Å²) < 4.78 is 10.4. The number of nitrogens with zero attached hydrogens (tertiary/aromatic N) is 1. The highest BCUT2D eigenvalue weighted by atomic mass is 16.5. The number of rotatable bonds is 5. The van der Waals surface area contributed by atoms with E-state index >= 15 is 0 Å². The standard InChI is InChI=1S/C13H20N2O3/c1-3-17-13(16)11-5-7-18-12(11)9-15(2)10-4-6-14-8-10/h5,7,10,14H,3-4,6,8-9H2,1-2H3. The molecule has 0 aromatic carbocycles. The van der Waals surface area contributed by atoms with Crippen LogP contribution >= 0.6 is 0 Å². The zero-order chi connectivity index (χ0) is 13.0. The Kier molecular flexibility index (Phi) is 4.38. The van der Waals surface area contributed by atoms with E-state index in [1.165, 1.54) is 0 Å². The molecule has 1 atom stereocenters. The lowest BCUT2D eigenvalue weighted by Gasteiger charge is -2.22. The van der Waals surface area contributed by atoms with Crippen LogP contribution in [0, 0.1) is 0 Å². The number of carbonyl (C=O) groups excluding carboxylic acids is 1. The number of likely N-dealkylation sites (N-methyl/N-ethyl adjacent to an activating group) is 1. The van der Waals surface area contributed by atoms with Crippen LogP contribution in [0.4, 0.5) is 0 Å². The second kappa shape index (κ2) is 6.02. The maximum atomic E-state index is 11.7. The van der Waals surface area contributed by atoms with Gasteiger partial charge in [0.05, 0.1) is 19.4 Å². The average molecular weight is 252 g/mol. The van der Waals surface area contributed by atoms with Gasteiger partial charge in [0.25, 0.3) is 0 Å². The molecule has 1 aliphatic rings. The first-order valence-corrected chi connectivity index (χ1v) is 6.36. The van der Waals surface area contributed by atoms with Crippen molar-refractivity contribution in [2.75, 3.05) is 26.7 Å². The summed E-state index contributed by atoms with van der Waals surface area (Å²) in [5.41, 5.74) is 0.537. The minimum atomic E-state index is -0.306. The lowest BCUT2D eigenvalue weighted by atomic mass is 10.2. The van der Waals surface area contributed by atoms with Crippen LogP contribution in [0.5, 0.6) is 0 Å². The fourth-order valence-corrected chi connectivity index (χ4v) is 2.23. The second-order valence-electron chi connectivity index (χ2n) is 4.54. The first kappa shape index (κ1) is 13.1. The molecule has 0 amide bonds. The van der Waals surface area contributed by atoms with Gasteiger partial charge in [-0.05, 0) is 33.0 Å². The van der Waals surface area contributed by atoms with E-state index in [9.17, 15) is 4.79 Å². The van der Waals surface area contributed by atoms with Crippen molar-refractivity contribution in [2.24, 2.45) is 0 Å². The summed E-state index contributed by atoms with van der Waals surface area (Å²) in [4.78, 5) is 13.9. The Morgan fingerprint density at radius 2 is 2.50 bits per heavy atom. The molecule has 1 aromatic rings. The van der Waals surface area contributed by atoms with Crippen LogP contribution < -0.4 is 5.32 Å². The predicted octanol–water partition coefficient (Wildman–Crippen LogP) is 1.25. The van der Waals surface area contributed by atoms with Crippen molar-refractivity contribution in [3.8, 4) is 0 Å². The molecule has 5 heteroatoms. The maximum Gasteiger partial charge on any atom is 0.341 e. The summed E-state index contributed by atoms with van der Waals surface area (Å²) in [6, 6.07) is 2.18. The number of nitrogens with one attached hydrogen (secondary N) is 1. The van der Waals surface area contributed by atoms with Crippen molar-refractivity contribution in [3.05, 3.63) is 23.7 Å². The van der Waals surface area contributed by atoms with E-state index in [2.05, 4.69) is 17.3 Å².